The number of amides is 1. The molecule has 0 spiro atoms. The number of carbonyl (C=O) groups is 1. The monoisotopic (exact) mass is 445 g/mol. The van der Waals surface area contributed by atoms with Crippen LogP contribution in [-0.4, -0.2) is 42.0 Å². The molecule has 0 unspecified atom stereocenters. The van der Waals surface area contributed by atoms with E-state index in [2.05, 4.69) is 4.98 Å². The summed E-state index contributed by atoms with van der Waals surface area (Å²) in [5.41, 5.74) is 1.86. The van der Waals surface area contributed by atoms with Gasteiger partial charge < -0.3 is 14.2 Å². The fraction of sp³-hybridized carbons (Fsp3) is 0.154. The number of nitrogens with zero attached hydrogens (tertiary/aromatic N) is 3. The van der Waals surface area contributed by atoms with Gasteiger partial charge in [-0.1, -0.05) is 36.4 Å². The molecule has 0 radical (unpaired) electrons. The first kappa shape index (κ1) is 20.9. The molecule has 1 fully saturated rings. The molecule has 5 rings (SSSR count). The molecule has 1 saturated heterocycles. The van der Waals surface area contributed by atoms with E-state index in [1.807, 2.05) is 4.90 Å². The summed E-state index contributed by atoms with van der Waals surface area (Å²) in [5.74, 6) is -0.273. The molecule has 2 heterocycles. The maximum Gasteiger partial charge on any atom is 0.254 e. The Kier molecular flexibility index (Phi) is 5.60. The quantitative estimate of drug-likeness (QED) is 0.431. The Hall–Kier alpha value is -4.00. The fourth-order valence-electron chi connectivity index (χ4n) is 4.07. The highest BCUT2D eigenvalue weighted by Gasteiger charge is 2.26. The maximum absolute atomic E-state index is 14.1. The van der Waals surface area contributed by atoms with Crippen LogP contribution in [0.5, 0.6) is 0 Å². The predicted octanol–water partition coefficient (Wildman–Crippen LogP) is 5.25. The summed E-state index contributed by atoms with van der Waals surface area (Å²) in [7, 11) is 0. The van der Waals surface area contributed by atoms with Crippen molar-refractivity contribution in [3.63, 3.8) is 0 Å². The molecule has 7 heteroatoms. The summed E-state index contributed by atoms with van der Waals surface area (Å²) >= 11 is 0. The van der Waals surface area contributed by atoms with Crippen molar-refractivity contribution in [2.45, 2.75) is 0 Å². The number of piperazine rings is 1. The van der Waals surface area contributed by atoms with Crippen LogP contribution in [0.1, 0.15) is 10.4 Å². The van der Waals surface area contributed by atoms with Gasteiger partial charge in [0.1, 0.15) is 11.6 Å². The zero-order valence-electron chi connectivity index (χ0n) is 17.7. The smallest absolute Gasteiger partial charge is 0.254 e. The standard InChI is InChI=1S/C26H21F2N3O2/c27-21-10-4-3-9-20(21)24-17-29-25(33-24)18-7-1-2-8-19(18)26(32)31-15-13-30(14-16-31)23-12-6-5-11-22(23)28/h1-12,17H,13-16H2. The summed E-state index contributed by atoms with van der Waals surface area (Å²) < 4.78 is 34.1. The first-order valence-corrected chi connectivity index (χ1v) is 10.7. The van der Waals surface area contributed by atoms with Gasteiger partial charge in [0.25, 0.3) is 5.91 Å². The molecule has 0 N–H and O–H groups in total. The van der Waals surface area contributed by atoms with E-state index in [1.165, 1.54) is 18.3 Å². The number of hydrogen-bond acceptors (Lipinski definition) is 4. The molecule has 0 aliphatic carbocycles. The second-order valence-corrected chi connectivity index (χ2v) is 7.79. The minimum Gasteiger partial charge on any atom is -0.436 e. The van der Waals surface area contributed by atoms with Crippen molar-refractivity contribution in [2.75, 3.05) is 31.1 Å². The van der Waals surface area contributed by atoms with Crippen molar-refractivity contribution in [3.8, 4) is 22.8 Å². The SMILES string of the molecule is O=C(c1ccccc1-c1ncc(-c2ccccc2F)o1)N1CCN(c2ccccc2F)CC1. The normalized spacial score (nSPS) is 13.9. The lowest BCUT2D eigenvalue weighted by Gasteiger charge is -2.36. The molecular formula is C26H21F2N3O2. The second kappa shape index (κ2) is 8.86. The highest BCUT2D eigenvalue weighted by molar-refractivity contribution is 6.00. The van der Waals surface area contributed by atoms with Crippen LogP contribution in [0.2, 0.25) is 0 Å². The summed E-state index contributed by atoms with van der Waals surface area (Å²) in [4.78, 5) is 21.3. The van der Waals surface area contributed by atoms with Gasteiger partial charge in [-0.25, -0.2) is 13.8 Å². The number of aromatic nitrogens is 1. The predicted molar refractivity (Wildman–Crippen MR) is 122 cm³/mol. The number of benzene rings is 3. The lowest BCUT2D eigenvalue weighted by atomic mass is 10.1. The van der Waals surface area contributed by atoms with Gasteiger partial charge in [0.15, 0.2) is 5.76 Å². The third-order valence-electron chi connectivity index (χ3n) is 5.79. The second-order valence-electron chi connectivity index (χ2n) is 7.79. The molecule has 1 aliphatic rings. The highest BCUT2D eigenvalue weighted by atomic mass is 19.1. The Bertz CT molecular complexity index is 1300. The zero-order valence-corrected chi connectivity index (χ0v) is 17.7. The Morgan fingerprint density at radius 3 is 2.15 bits per heavy atom. The van der Waals surface area contributed by atoms with Crippen LogP contribution in [-0.2, 0) is 0 Å². The van der Waals surface area contributed by atoms with E-state index in [9.17, 15) is 13.6 Å². The van der Waals surface area contributed by atoms with Crippen LogP contribution >= 0.6 is 0 Å². The van der Waals surface area contributed by atoms with Crippen molar-refractivity contribution in [1.82, 2.24) is 9.88 Å². The first-order valence-electron chi connectivity index (χ1n) is 10.7. The van der Waals surface area contributed by atoms with Crippen molar-refractivity contribution in [3.05, 3.63) is 96.2 Å². The molecule has 5 nitrogen and oxygen atoms in total. The molecule has 1 aromatic heterocycles. The van der Waals surface area contributed by atoms with E-state index in [1.54, 1.807) is 65.6 Å². The lowest BCUT2D eigenvalue weighted by molar-refractivity contribution is 0.0747. The van der Waals surface area contributed by atoms with E-state index in [-0.39, 0.29) is 17.6 Å². The first-order chi connectivity index (χ1) is 16.1. The molecule has 0 atom stereocenters. The average molecular weight is 445 g/mol. The Morgan fingerprint density at radius 2 is 1.42 bits per heavy atom. The molecule has 1 amide bonds. The molecule has 166 valence electrons. The third-order valence-corrected chi connectivity index (χ3v) is 5.79. The number of oxazole rings is 1. The number of carbonyl (C=O) groups excluding carboxylic acids is 1. The van der Waals surface area contributed by atoms with Crippen molar-refractivity contribution in [1.29, 1.82) is 0 Å². The van der Waals surface area contributed by atoms with E-state index >= 15 is 0 Å². The van der Waals surface area contributed by atoms with Crippen LogP contribution in [0.4, 0.5) is 14.5 Å². The minimum atomic E-state index is -0.405. The van der Waals surface area contributed by atoms with Gasteiger partial charge in [-0.2, -0.15) is 0 Å². The Labute approximate surface area is 189 Å². The van der Waals surface area contributed by atoms with Gasteiger partial charge >= 0.3 is 0 Å². The summed E-state index contributed by atoms with van der Waals surface area (Å²) in [6.07, 6.45) is 1.46. The van der Waals surface area contributed by atoms with Crippen molar-refractivity contribution in [2.24, 2.45) is 0 Å². The van der Waals surface area contributed by atoms with Crippen LogP contribution in [0.15, 0.2) is 83.4 Å². The van der Waals surface area contributed by atoms with Crippen molar-refractivity contribution < 1.29 is 18.0 Å². The highest BCUT2D eigenvalue weighted by Crippen LogP contribution is 2.30. The minimum absolute atomic E-state index is 0.149. The van der Waals surface area contributed by atoms with Gasteiger partial charge in [-0.15, -0.1) is 0 Å². The van der Waals surface area contributed by atoms with Gasteiger partial charge in [-0.05, 0) is 36.4 Å². The van der Waals surface area contributed by atoms with Gasteiger partial charge in [0.05, 0.1) is 23.0 Å². The van der Waals surface area contributed by atoms with Gasteiger partial charge in [0, 0.05) is 31.7 Å². The molecule has 33 heavy (non-hydrogen) atoms. The third kappa shape index (κ3) is 4.09. The summed E-state index contributed by atoms with van der Waals surface area (Å²) in [6.45, 7) is 2.00. The molecule has 0 bridgehead atoms. The Balaban J connectivity index is 1.36. The zero-order chi connectivity index (χ0) is 22.8. The molecule has 1 aliphatic heterocycles. The molecular weight excluding hydrogens is 424 g/mol. The van der Waals surface area contributed by atoms with Gasteiger partial charge in [0.2, 0.25) is 5.89 Å². The molecule has 3 aromatic carbocycles. The van der Waals surface area contributed by atoms with Crippen LogP contribution < -0.4 is 4.90 Å². The maximum atomic E-state index is 14.1. The van der Waals surface area contributed by atoms with E-state index in [0.29, 0.717) is 54.3 Å². The summed E-state index contributed by atoms with van der Waals surface area (Å²) in [6, 6.07) is 20.0. The van der Waals surface area contributed by atoms with E-state index < -0.39 is 5.82 Å². The summed E-state index contributed by atoms with van der Waals surface area (Å²) in [5, 5.41) is 0. The number of rotatable bonds is 4. The van der Waals surface area contributed by atoms with Gasteiger partial charge in [-0.3, -0.25) is 4.79 Å². The van der Waals surface area contributed by atoms with Crippen molar-refractivity contribution >= 4 is 11.6 Å². The molecule has 4 aromatic rings. The Morgan fingerprint density at radius 1 is 0.788 bits per heavy atom. The number of para-hydroxylation sites is 1. The van der Waals surface area contributed by atoms with E-state index in [4.69, 9.17) is 4.42 Å². The number of halogens is 2. The van der Waals surface area contributed by atoms with E-state index in [0.717, 1.165) is 0 Å². The number of anilines is 1. The van der Waals surface area contributed by atoms with Crippen LogP contribution in [0.25, 0.3) is 22.8 Å². The topological polar surface area (TPSA) is 49.6 Å². The molecule has 0 saturated carbocycles. The van der Waals surface area contributed by atoms with Crippen LogP contribution in [0, 0.1) is 11.6 Å². The average Bonchev–Trinajstić information content (AvgIpc) is 3.34. The fourth-order valence-corrected chi connectivity index (χ4v) is 4.07. The lowest BCUT2D eigenvalue weighted by Crippen LogP contribution is -2.49. The largest absolute Gasteiger partial charge is 0.436 e. The number of hydrogen-bond donors (Lipinski definition) is 0. The van der Waals surface area contributed by atoms with Crippen LogP contribution in [0.3, 0.4) is 0 Å².